The quantitative estimate of drug-likeness (QED) is 0.105. The molecule has 1 unspecified atom stereocenters. The topological polar surface area (TPSA) is 135 Å². The van der Waals surface area contributed by atoms with Gasteiger partial charge >= 0.3 is 12.2 Å². The lowest BCUT2D eigenvalue weighted by Crippen LogP contribution is -2.22. The van der Waals surface area contributed by atoms with Crippen LogP contribution in [0.1, 0.15) is 18.4 Å². The number of halogens is 5. The maximum absolute atomic E-state index is 15.2. The minimum Gasteiger partial charge on any atom is -0.368 e. The van der Waals surface area contributed by atoms with Crippen LogP contribution >= 0.6 is 0 Å². The fourth-order valence-corrected chi connectivity index (χ4v) is 6.29. The van der Waals surface area contributed by atoms with Crippen molar-refractivity contribution < 1.29 is 31.0 Å². The summed E-state index contributed by atoms with van der Waals surface area (Å²) < 4.78 is 89.6. The Morgan fingerprint density at radius 2 is 1.74 bits per heavy atom. The monoisotopic (exact) mass is 674 g/mol. The van der Waals surface area contributed by atoms with E-state index in [1.165, 1.54) is 18.3 Å². The minimum atomic E-state index is -4.75. The van der Waals surface area contributed by atoms with Gasteiger partial charge in [-0.15, -0.1) is 0 Å². The van der Waals surface area contributed by atoms with Crippen molar-refractivity contribution in [2.24, 2.45) is 0 Å². The highest BCUT2D eigenvalue weighted by Crippen LogP contribution is 2.36. The fraction of sp³-hybridized carbons (Fsp3) is 0.258. The van der Waals surface area contributed by atoms with Crippen molar-refractivity contribution in [3.8, 4) is 11.1 Å². The van der Waals surface area contributed by atoms with Gasteiger partial charge in [0.1, 0.15) is 17.5 Å². The number of rotatable bonds is 11. The molecule has 1 aliphatic rings. The third kappa shape index (κ3) is 8.31. The van der Waals surface area contributed by atoms with E-state index in [4.69, 9.17) is 4.78 Å². The van der Waals surface area contributed by atoms with Gasteiger partial charge in [0.15, 0.2) is 0 Å². The maximum Gasteiger partial charge on any atom is 0.416 e. The summed E-state index contributed by atoms with van der Waals surface area (Å²) in [6.45, 7) is 1.12. The van der Waals surface area contributed by atoms with Crippen LogP contribution in [0.4, 0.5) is 55.6 Å². The molecule has 16 heteroatoms. The van der Waals surface area contributed by atoms with Crippen molar-refractivity contribution in [2.45, 2.75) is 29.2 Å². The summed E-state index contributed by atoms with van der Waals surface area (Å²) in [4.78, 5) is 23.7. The predicted molar refractivity (Wildman–Crippen MR) is 170 cm³/mol. The molecule has 0 aliphatic heterocycles. The number of benzene rings is 3. The van der Waals surface area contributed by atoms with E-state index < -0.39 is 44.8 Å². The number of nitrogens with one attached hydrogen (secondary N) is 5. The number of carbonyl (C=O) groups is 1. The summed E-state index contributed by atoms with van der Waals surface area (Å²) in [6, 6.07) is 11.0. The molecule has 0 spiro atoms. The molecule has 4 aromatic rings. The molecule has 5 N–H and O–H groups in total. The SMILES string of the molecule is CN(C)CCNc1nc(Nc2cccc(S(=N)(=O)C3CC3)c2)ncc1-c1ccc(NC(=O)Nc2cc(C(F)(F)F)ccc2F)c(F)c1. The first-order valence-corrected chi connectivity index (χ1v) is 16.0. The number of hydrogen-bond acceptors (Lipinski definition) is 8. The van der Waals surface area contributed by atoms with Crippen LogP contribution in [0, 0.1) is 16.4 Å². The van der Waals surface area contributed by atoms with Gasteiger partial charge in [0.25, 0.3) is 0 Å². The zero-order chi connectivity index (χ0) is 33.9. The van der Waals surface area contributed by atoms with Crippen LogP contribution in [0.5, 0.6) is 0 Å². The summed E-state index contributed by atoms with van der Waals surface area (Å²) in [6.07, 6.45) is -1.76. The molecular formula is C31H31F5N8O2S. The molecule has 248 valence electrons. The van der Waals surface area contributed by atoms with E-state index in [2.05, 4.69) is 25.9 Å². The van der Waals surface area contributed by atoms with Crippen molar-refractivity contribution in [3.05, 3.63) is 84.1 Å². The Labute approximate surface area is 267 Å². The van der Waals surface area contributed by atoms with Crippen LogP contribution in [-0.4, -0.2) is 57.5 Å². The van der Waals surface area contributed by atoms with Crippen LogP contribution in [0.15, 0.2) is 71.8 Å². The summed E-state index contributed by atoms with van der Waals surface area (Å²) in [7, 11) is 0.879. The molecule has 10 nitrogen and oxygen atoms in total. The largest absolute Gasteiger partial charge is 0.416 e. The van der Waals surface area contributed by atoms with Crippen molar-refractivity contribution in [2.75, 3.05) is 48.5 Å². The number of amides is 2. The molecule has 1 atom stereocenters. The minimum absolute atomic E-state index is 0.143. The molecule has 1 aliphatic carbocycles. The molecule has 1 aromatic heterocycles. The number of urea groups is 1. The summed E-state index contributed by atoms with van der Waals surface area (Å²) in [5, 5.41) is 10.3. The highest BCUT2D eigenvalue weighted by atomic mass is 32.2. The second-order valence-corrected chi connectivity index (χ2v) is 13.4. The summed E-state index contributed by atoms with van der Waals surface area (Å²) in [5.74, 6) is -1.42. The molecule has 2 amide bonds. The Bertz CT molecular complexity index is 1900. The molecule has 1 heterocycles. The predicted octanol–water partition coefficient (Wildman–Crippen LogP) is 7.37. The summed E-state index contributed by atoms with van der Waals surface area (Å²) in [5.41, 5.74) is -0.888. The highest BCUT2D eigenvalue weighted by Gasteiger charge is 2.34. The molecule has 0 bridgehead atoms. The maximum atomic E-state index is 15.2. The lowest BCUT2D eigenvalue weighted by molar-refractivity contribution is -0.137. The fourth-order valence-electron chi connectivity index (χ4n) is 4.53. The first-order valence-electron chi connectivity index (χ1n) is 14.4. The number of alkyl halides is 3. The molecule has 1 fully saturated rings. The van der Waals surface area contributed by atoms with Crippen molar-refractivity contribution in [1.29, 1.82) is 4.78 Å². The normalized spacial score (nSPS) is 14.4. The molecule has 3 aromatic carbocycles. The van der Waals surface area contributed by atoms with Gasteiger partial charge in [0, 0.05) is 40.7 Å². The zero-order valence-electron chi connectivity index (χ0n) is 25.2. The van der Waals surface area contributed by atoms with Gasteiger partial charge in [0.2, 0.25) is 5.95 Å². The van der Waals surface area contributed by atoms with Gasteiger partial charge in [0.05, 0.1) is 26.7 Å². The van der Waals surface area contributed by atoms with Crippen LogP contribution < -0.4 is 21.3 Å². The van der Waals surface area contributed by atoms with E-state index in [1.807, 2.05) is 24.3 Å². The number of nitrogens with zero attached hydrogens (tertiary/aromatic N) is 3. The van der Waals surface area contributed by atoms with Crippen LogP contribution in [-0.2, 0) is 15.9 Å². The molecular weight excluding hydrogens is 643 g/mol. The smallest absolute Gasteiger partial charge is 0.368 e. The van der Waals surface area contributed by atoms with Gasteiger partial charge in [-0.2, -0.15) is 18.2 Å². The van der Waals surface area contributed by atoms with Gasteiger partial charge in [-0.05, 0) is 81.0 Å². The van der Waals surface area contributed by atoms with Crippen LogP contribution in [0.2, 0.25) is 0 Å². The molecule has 0 saturated heterocycles. The Balaban J connectivity index is 1.35. The van der Waals surface area contributed by atoms with Crippen molar-refractivity contribution in [3.63, 3.8) is 0 Å². The highest BCUT2D eigenvalue weighted by molar-refractivity contribution is 7.93. The number of carbonyl (C=O) groups excluding carboxylic acids is 1. The number of aromatic nitrogens is 2. The molecule has 5 rings (SSSR count). The van der Waals surface area contributed by atoms with Crippen LogP contribution in [0.3, 0.4) is 0 Å². The first-order chi connectivity index (χ1) is 22.2. The molecule has 0 radical (unpaired) electrons. The first kappa shape index (κ1) is 33.5. The molecule has 47 heavy (non-hydrogen) atoms. The number of likely N-dealkylation sites (N-methyl/N-ethyl adjacent to an activating group) is 1. The Hall–Kier alpha value is -4.83. The average Bonchev–Trinajstić information content (AvgIpc) is 3.86. The van der Waals surface area contributed by atoms with Gasteiger partial charge < -0.3 is 26.2 Å². The summed E-state index contributed by atoms with van der Waals surface area (Å²) >= 11 is 0. The third-order valence-electron chi connectivity index (χ3n) is 7.14. The van der Waals surface area contributed by atoms with E-state index in [0.717, 1.165) is 18.9 Å². The Morgan fingerprint density at radius 3 is 2.43 bits per heavy atom. The standard InChI is InChI=1S/C31H31F5N8O2S/c1-44(2)13-12-38-28-23(17-39-29(43-28)40-20-4-3-5-22(16-20)47(37,46)21-8-9-21)18-6-11-26(25(33)14-18)41-30(45)42-27-15-19(31(34,35)36)7-10-24(27)32/h3-7,10-11,14-17,21,37H,8-9,12-13H2,1-2H3,(H2,41,42,45)(H2,38,39,40,43). The van der Waals surface area contributed by atoms with Crippen LogP contribution in [0.25, 0.3) is 11.1 Å². The van der Waals surface area contributed by atoms with Gasteiger partial charge in [-0.25, -0.2) is 27.5 Å². The van der Waals surface area contributed by atoms with Crippen molar-refractivity contribution in [1.82, 2.24) is 14.9 Å². The van der Waals surface area contributed by atoms with Gasteiger partial charge in [-0.1, -0.05) is 12.1 Å². The number of hydrogen-bond donors (Lipinski definition) is 5. The lowest BCUT2D eigenvalue weighted by atomic mass is 10.1. The van der Waals surface area contributed by atoms with E-state index in [0.29, 0.717) is 58.8 Å². The van der Waals surface area contributed by atoms with Gasteiger partial charge in [-0.3, -0.25) is 0 Å². The second-order valence-electron chi connectivity index (χ2n) is 11.1. The van der Waals surface area contributed by atoms with E-state index in [1.54, 1.807) is 24.3 Å². The average molecular weight is 675 g/mol. The third-order valence-corrected chi connectivity index (χ3v) is 9.51. The second kappa shape index (κ2) is 13.5. The van der Waals surface area contributed by atoms with E-state index in [-0.39, 0.29) is 16.9 Å². The lowest BCUT2D eigenvalue weighted by Gasteiger charge is -2.16. The number of anilines is 5. The van der Waals surface area contributed by atoms with Crippen molar-refractivity contribution >= 4 is 44.6 Å². The van der Waals surface area contributed by atoms with E-state index in [9.17, 15) is 26.6 Å². The van der Waals surface area contributed by atoms with E-state index >= 15 is 4.39 Å². The Kier molecular flexibility index (Phi) is 9.63. The molecule has 1 saturated carbocycles. The Morgan fingerprint density at radius 1 is 1.00 bits per heavy atom. The zero-order valence-corrected chi connectivity index (χ0v) is 26.0.